The Morgan fingerprint density at radius 3 is 1.68 bits per heavy atom. The first-order valence-electron chi connectivity index (χ1n) is 16.0. The molecular weight excluding hydrogens is 731 g/mol. The van der Waals surface area contributed by atoms with Gasteiger partial charge in [-0.1, -0.05) is 58.3 Å². The molecule has 0 bridgehead atoms. The van der Waals surface area contributed by atoms with Crippen molar-refractivity contribution in [2.45, 2.75) is 72.3 Å². The summed E-state index contributed by atoms with van der Waals surface area (Å²) in [5.41, 5.74) is 4.67. The molecule has 0 aliphatic rings. The molecule has 0 spiro atoms. The average molecular weight is 778 g/mol. The Morgan fingerprint density at radius 1 is 0.660 bits per heavy atom. The quantitative estimate of drug-likeness (QED) is 0.0688. The Bertz CT molecular complexity index is 2040. The van der Waals surface area contributed by atoms with Crippen molar-refractivity contribution < 1.29 is 9.47 Å². The summed E-state index contributed by atoms with van der Waals surface area (Å²) in [6.07, 6.45) is 11.1. The van der Waals surface area contributed by atoms with Gasteiger partial charge in [-0.15, -0.1) is 0 Å². The van der Waals surface area contributed by atoms with Crippen molar-refractivity contribution in [3.05, 3.63) is 58.8 Å². The highest BCUT2D eigenvalue weighted by atomic mass is 35.5. The first-order valence-corrected chi connectivity index (χ1v) is 24.5. The van der Waals surface area contributed by atoms with Crippen molar-refractivity contribution in [1.29, 1.82) is 0 Å². The van der Waals surface area contributed by atoms with E-state index in [9.17, 15) is 0 Å². The highest BCUT2D eigenvalue weighted by Gasteiger charge is 2.19. The number of fused-ring (bicyclic) bond motifs is 2. The third-order valence-electron chi connectivity index (χ3n) is 7.64. The van der Waals surface area contributed by atoms with E-state index in [2.05, 4.69) is 69.4 Å². The molecule has 6 aromatic heterocycles. The predicted octanol–water partition coefficient (Wildman–Crippen LogP) is 8.88. The second-order valence-electron chi connectivity index (χ2n) is 14.4. The molecule has 12 nitrogen and oxygen atoms in total. The Hall–Kier alpha value is -3.12. The molecular formula is C33H47Cl3N10O2Si2. The predicted molar refractivity (Wildman–Crippen MR) is 209 cm³/mol. The summed E-state index contributed by atoms with van der Waals surface area (Å²) < 4.78 is 18.9. The van der Waals surface area contributed by atoms with Crippen LogP contribution in [0.2, 0.25) is 67.0 Å². The summed E-state index contributed by atoms with van der Waals surface area (Å²) in [5, 5.41) is 11.1. The number of hydrogen-bond acceptors (Lipinski definition) is 8. The lowest BCUT2D eigenvalue weighted by atomic mass is 10.2. The molecule has 0 fully saturated rings. The van der Waals surface area contributed by atoms with E-state index in [-0.39, 0.29) is 18.0 Å². The summed E-state index contributed by atoms with van der Waals surface area (Å²) in [5.74, 6) is 0. The molecule has 17 heteroatoms. The zero-order chi connectivity index (χ0) is 35.5. The largest absolute Gasteiger partial charge is 0.361 e. The van der Waals surface area contributed by atoms with Crippen LogP contribution in [0.25, 0.3) is 44.6 Å². The molecule has 6 aromatic rings. The van der Waals surface area contributed by atoms with Crippen LogP contribution >= 0.6 is 34.8 Å². The third kappa shape index (κ3) is 10.2. The lowest BCUT2D eigenvalue weighted by molar-refractivity contribution is 0.0898. The standard InChI is InChI=1S/C16H21Cl2N5OSi.C16H22ClN5OSi.CH4/c1-22-8-11(7-19-22)14-13-12(17)9-23(15(13)21-16(18)20-14)10-24-5-6-25(2,3)4;1-21-10-12(9-18-21)14-13-5-6-22(15(13)20-16(17)19-14)11-23-7-8-24(2,3)4;/h7-9H,5-6,10H2,1-4H3;5-6,9-10H,7-8,11H2,1-4H3;1H4. The average Bonchev–Trinajstić information content (AvgIpc) is 3.80. The smallest absolute Gasteiger partial charge is 0.224 e. The van der Waals surface area contributed by atoms with Crippen LogP contribution in [-0.4, -0.2) is 78.0 Å². The van der Waals surface area contributed by atoms with Crippen LogP contribution in [0.5, 0.6) is 0 Å². The monoisotopic (exact) mass is 776 g/mol. The van der Waals surface area contributed by atoms with Crippen LogP contribution in [0.15, 0.2) is 43.2 Å². The molecule has 0 aliphatic carbocycles. The van der Waals surface area contributed by atoms with Crippen LogP contribution in [0.4, 0.5) is 0 Å². The van der Waals surface area contributed by atoms with Gasteiger partial charge in [-0.25, -0.2) is 9.97 Å². The van der Waals surface area contributed by atoms with Gasteiger partial charge in [0.15, 0.2) is 0 Å². The fraction of sp³-hybridized carbons (Fsp3) is 0.455. The molecule has 0 atom stereocenters. The molecule has 6 rings (SSSR count). The summed E-state index contributed by atoms with van der Waals surface area (Å²) in [6, 6.07) is 4.25. The molecule has 50 heavy (non-hydrogen) atoms. The van der Waals surface area contributed by atoms with Crippen LogP contribution in [0.1, 0.15) is 7.43 Å². The lowest BCUT2D eigenvalue weighted by Crippen LogP contribution is -2.22. The molecule has 0 saturated heterocycles. The van der Waals surface area contributed by atoms with Crippen molar-refractivity contribution in [3.8, 4) is 22.5 Å². The van der Waals surface area contributed by atoms with E-state index in [0.717, 1.165) is 58.5 Å². The highest BCUT2D eigenvalue weighted by molar-refractivity contribution is 6.76. The molecule has 0 radical (unpaired) electrons. The van der Waals surface area contributed by atoms with E-state index in [1.807, 2.05) is 54.1 Å². The minimum absolute atomic E-state index is 0. The topological polar surface area (TPSA) is 116 Å². The maximum Gasteiger partial charge on any atom is 0.224 e. The van der Waals surface area contributed by atoms with Crippen LogP contribution in [0, 0.1) is 0 Å². The SMILES string of the molecule is C.Cn1cc(-c2nc(Cl)nc3c2c(Cl)cn3COCC[Si](C)(C)C)cn1.Cn1cc(-c2nc(Cl)nc3c2ccn3COCC[Si](C)(C)C)cn1. The van der Waals surface area contributed by atoms with Crippen molar-refractivity contribution in [2.24, 2.45) is 14.1 Å². The van der Waals surface area contributed by atoms with Crippen molar-refractivity contribution in [2.75, 3.05) is 13.2 Å². The lowest BCUT2D eigenvalue weighted by Gasteiger charge is -2.15. The number of halogens is 3. The second kappa shape index (κ2) is 16.5. The van der Waals surface area contributed by atoms with Gasteiger partial charge in [-0.05, 0) is 41.4 Å². The number of aromatic nitrogens is 10. The van der Waals surface area contributed by atoms with E-state index in [1.165, 1.54) is 0 Å². The molecule has 0 amide bonds. The zero-order valence-electron chi connectivity index (χ0n) is 29.2. The molecule has 0 saturated carbocycles. The minimum Gasteiger partial charge on any atom is -0.361 e. The Kier molecular flexibility index (Phi) is 13.1. The Balaban J connectivity index is 0.000000220. The van der Waals surface area contributed by atoms with Gasteiger partial charge >= 0.3 is 0 Å². The van der Waals surface area contributed by atoms with E-state index >= 15 is 0 Å². The zero-order valence-corrected chi connectivity index (χ0v) is 33.5. The second-order valence-corrected chi connectivity index (χ2v) is 26.7. The highest BCUT2D eigenvalue weighted by Crippen LogP contribution is 2.34. The van der Waals surface area contributed by atoms with Gasteiger partial charge in [0.25, 0.3) is 0 Å². The molecule has 0 aliphatic heterocycles. The summed E-state index contributed by atoms with van der Waals surface area (Å²) >= 11 is 18.7. The van der Waals surface area contributed by atoms with Crippen molar-refractivity contribution in [1.82, 2.24) is 48.6 Å². The van der Waals surface area contributed by atoms with Gasteiger partial charge in [0.2, 0.25) is 10.6 Å². The number of ether oxygens (including phenoxy) is 2. The van der Waals surface area contributed by atoms with Crippen LogP contribution in [-0.2, 0) is 37.0 Å². The normalized spacial score (nSPS) is 12.0. The molecule has 270 valence electrons. The Morgan fingerprint density at radius 2 is 1.16 bits per heavy atom. The van der Waals surface area contributed by atoms with Gasteiger partial charge in [-0.3, -0.25) is 9.36 Å². The van der Waals surface area contributed by atoms with Crippen LogP contribution in [0.3, 0.4) is 0 Å². The number of hydrogen-bond donors (Lipinski definition) is 0. The third-order valence-corrected chi connectivity index (χ3v) is 11.7. The van der Waals surface area contributed by atoms with E-state index in [1.54, 1.807) is 21.8 Å². The minimum atomic E-state index is -1.12. The molecule has 0 N–H and O–H groups in total. The summed E-state index contributed by atoms with van der Waals surface area (Å²) in [7, 11) is 1.52. The van der Waals surface area contributed by atoms with E-state index in [4.69, 9.17) is 44.3 Å². The first-order chi connectivity index (χ1) is 23.1. The fourth-order valence-electron chi connectivity index (χ4n) is 4.95. The van der Waals surface area contributed by atoms with E-state index in [0.29, 0.717) is 29.8 Å². The van der Waals surface area contributed by atoms with Gasteiger partial charge in [0, 0.05) is 84.8 Å². The van der Waals surface area contributed by atoms with Gasteiger partial charge < -0.3 is 18.6 Å². The number of rotatable bonds is 12. The molecule has 0 unspecified atom stereocenters. The fourth-order valence-corrected chi connectivity index (χ4v) is 7.09. The number of nitrogens with zero attached hydrogens (tertiary/aromatic N) is 10. The van der Waals surface area contributed by atoms with Gasteiger partial charge in [-0.2, -0.15) is 20.2 Å². The van der Waals surface area contributed by atoms with Crippen molar-refractivity contribution in [3.63, 3.8) is 0 Å². The molecule has 0 aromatic carbocycles. The maximum atomic E-state index is 6.46. The Labute approximate surface area is 310 Å². The summed E-state index contributed by atoms with van der Waals surface area (Å²) in [6.45, 7) is 16.3. The molecule has 6 heterocycles. The first kappa shape index (κ1) is 39.7. The van der Waals surface area contributed by atoms with Crippen LogP contribution < -0.4 is 0 Å². The maximum absolute atomic E-state index is 6.46. The number of aryl methyl sites for hydroxylation is 2. The summed E-state index contributed by atoms with van der Waals surface area (Å²) in [4.78, 5) is 17.5. The van der Waals surface area contributed by atoms with Crippen molar-refractivity contribution >= 4 is 73.0 Å². The van der Waals surface area contributed by atoms with E-state index < -0.39 is 16.1 Å². The van der Waals surface area contributed by atoms with Gasteiger partial charge in [0.05, 0.1) is 34.2 Å². The van der Waals surface area contributed by atoms with Gasteiger partial charge in [0.1, 0.15) is 24.8 Å².